The second-order valence-corrected chi connectivity index (χ2v) is 8.23. The zero-order valence-corrected chi connectivity index (χ0v) is 17.3. The van der Waals surface area contributed by atoms with E-state index in [0.29, 0.717) is 5.82 Å². The van der Waals surface area contributed by atoms with Gasteiger partial charge in [-0.25, -0.2) is 9.69 Å². The van der Waals surface area contributed by atoms with Gasteiger partial charge in [0, 0.05) is 0 Å². The van der Waals surface area contributed by atoms with Gasteiger partial charge in [0.15, 0.2) is 0 Å². The molecule has 0 aliphatic carbocycles. The number of nitrogens with one attached hydrogen (secondary N) is 1. The zero-order chi connectivity index (χ0) is 20.6. The number of imide groups is 1. The van der Waals surface area contributed by atoms with E-state index in [-0.39, 0.29) is 11.8 Å². The number of benzene rings is 1. The number of aromatic nitrogens is 2. The predicted molar refractivity (Wildman–Crippen MR) is 109 cm³/mol. The Hall–Kier alpha value is -3.00. The van der Waals surface area contributed by atoms with Crippen molar-refractivity contribution in [3.8, 4) is 10.7 Å². The second-order valence-electron chi connectivity index (χ2n) is 7.29. The Morgan fingerprint density at radius 1 is 1.24 bits per heavy atom. The van der Waals surface area contributed by atoms with Crippen molar-refractivity contribution in [2.45, 2.75) is 45.2 Å². The highest BCUT2D eigenvalue weighted by Gasteiger charge is 2.51. The lowest BCUT2D eigenvalue weighted by Crippen LogP contribution is -2.41. The monoisotopic (exact) mass is 410 g/mol. The number of aryl methyl sites for hydroxylation is 1. The average Bonchev–Trinajstić information content (AvgIpc) is 3.43. The first-order valence-electron chi connectivity index (χ1n) is 9.56. The van der Waals surface area contributed by atoms with E-state index in [0.717, 1.165) is 28.2 Å². The minimum atomic E-state index is -1.13. The molecule has 0 spiro atoms. The Morgan fingerprint density at radius 2 is 2.00 bits per heavy atom. The molecular formula is C21H22N4O3S. The SMILES string of the molecule is CCCc1ccc(C2(C)NC(=O)N(C(C)c3nc(-c4cccs4)no3)C2=O)cc1. The number of carbonyl (C=O) groups is 2. The van der Waals surface area contributed by atoms with Gasteiger partial charge < -0.3 is 9.84 Å². The first-order valence-corrected chi connectivity index (χ1v) is 10.4. The Morgan fingerprint density at radius 3 is 2.66 bits per heavy atom. The molecule has 2 atom stereocenters. The van der Waals surface area contributed by atoms with Gasteiger partial charge >= 0.3 is 6.03 Å². The zero-order valence-electron chi connectivity index (χ0n) is 16.5. The highest BCUT2D eigenvalue weighted by molar-refractivity contribution is 7.13. The van der Waals surface area contributed by atoms with Crippen LogP contribution in [0.4, 0.5) is 4.79 Å². The summed E-state index contributed by atoms with van der Waals surface area (Å²) in [6.07, 6.45) is 2.03. The van der Waals surface area contributed by atoms with Gasteiger partial charge in [0.05, 0.1) is 4.88 Å². The van der Waals surface area contributed by atoms with Crippen molar-refractivity contribution in [3.63, 3.8) is 0 Å². The topological polar surface area (TPSA) is 88.3 Å². The number of carbonyl (C=O) groups excluding carboxylic acids is 2. The molecule has 0 radical (unpaired) electrons. The van der Waals surface area contributed by atoms with E-state index >= 15 is 0 Å². The average molecular weight is 410 g/mol. The molecule has 3 heterocycles. The normalized spacial score (nSPS) is 20.2. The standard InChI is InChI=1S/C21H22N4O3S/c1-4-6-14-8-10-15(11-9-14)21(3)19(26)25(20(27)23-21)13(2)18-22-17(24-28-18)16-7-5-12-29-16/h5,7-13H,4,6H2,1-3H3,(H,23,27). The number of thiophene rings is 1. The lowest BCUT2D eigenvalue weighted by molar-refractivity contribution is -0.132. The van der Waals surface area contributed by atoms with Crippen LogP contribution in [-0.2, 0) is 16.8 Å². The van der Waals surface area contributed by atoms with Crippen LogP contribution in [0.5, 0.6) is 0 Å². The fraction of sp³-hybridized carbons (Fsp3) is 0.333. The summed E-state index contributed by atoms with van der Waals surface area (Å²) in [6.45, 7) is 5.55. The highest BCUT2D eigenvalue weighted by Crippen LogP contribution is 2.34. The summed E-state index contributed by atoms with van der Waals surface area (Å²) in [5, 5.41) is 8.73. The van der Waals surface area contributed by atoms with E-state index in [1.54, 1.807) is 13.8 Å². The van der Waals surface area contributed by atoms with Crippen molar-refractivity contribution >= 4 is 23.3 Å². The maximum atomic E-state index is 13.3. The van der Waals surface area contributed by atoms with E-state index in [4.69, 9.17) is 4.52 Å². The molecule has 1 N–H and O–H groups in total. The van der Waals surface area contributed by atoms with Crippen molar-refractivity contribution in [1.29, 1.82) is 0 Å². The third kappa shape index (κ3) is 3.33. The third-order valence-electron chi connectivity index (χ3n) is 5.22. The van der Waals surface area contributed by atoms with Crippen molar-refractivity contribution in [2.24, 2.45) is 0 Å². The van der Waals surface area contributed by atoms with Gasteiger partial charge in [0.25, 0.3) is 5.91 Å². The second kappa shape index (κ2) is 7.44. The minimum Gasteiger partial charge on any atom is -0.337 e. The van der Waals surface area contributed by atoms with Crippen molar-refractivity contribution in [3.05, 3.63) is 58.8 Å². The molecule has 150 valence electrons. The Kier molecular flexibility index (Phi) is 4.96. The van der Waals surface area contributed by atoms with Gasteiger partial charge in [0.2, 0.25) is 11.7 Å². The summed E-state index contributed by atoms with van der Waals surface area (Å²) in [5.74, 6) is 0.330. The van der Waals surface area contributed by atoms with Crippen LogP contribution in [0.15, 0.2) is 46.3 Å². The number of amides is 3. The fourth-order valence-electron chi connectivity index (χ4n) is 3.52. The van der Waals surface area contributed by atoms with Crippen LogP contribution in [0.1, 0.15) is 50.3 Å². The summed E-state index contributed by atoms with van der Waals surface area (Å²) < 4.78 is 5.35. The van der Waals surface area contributed by atoms with Crippen LogP contribution < -0.4 is 5.32 Å². The molecule has 2 unspecified atom stereocenters. The molecule has 4 rings (SSSR count). The van der Waals surface area contributed by atoms with E-state index in [1.807, 2.05) is 41.8 Å². The maximum absolute atomic E-state index is 13.3. The largest absolute Gasteiger partial charge is 0.337 e. The molecule has 1 fully saturated rings. The molecular weight excluding hydrogens is 388 g/mol. The summed E-state index contributed by atoms with van der Waals surface area (Å²) in [5.41, 5.74) is 0.816. The van der Waals surface area contributed by atoms with Crippen LogP contribution in [0, 0.1) is 0 Å². The third-order valence-corrected chi connectivity index (χ3v) is 6.09. The van der Waals surface area contributed by atoms with Gasteiger partial charge in [-0.1, -0.05) is 48.8 Å². The molecule has 0 bridgehead atoms. The van der Waals surface area contributed by atoms with E-state index < -0.39 is 17.6 Å². The van der Waals surface area contributed by atoms with Crippen LogP contribution >= 0.6 is 11.3 Å². The molecule has 7 nitrogen and oxygen atoms in total. The summed E-state index contributed by atoms with van der Waals surface area (Å²) in [7, 11) is 0. The fourth-order valence-corrected chi connectivity index (χ4v) is 4.17. The quantitative estimate of drug-likeness (QED) is 0.613. The molecule has 1 saturated heterocycles. The first kappa shape index (κ1) is 19.3. The molecule has 1 aliphatic rings. The molecule has 2 aromatic heterocycles. The minimum absolute atomic E-state index is 0.222. The first-order chi connectivity index (χ1) is 13.9. The highest BCUT2D eigenvalue weighted by atomic mass is 32.1. The van der Waals surface area contributed by atoms with Gasteiger partial charge in [-0.05, 0) is 42.8 Å². The lowest BCUT2D eigenvalue weighted by Gasteiger charge is -2.23. The smallest absolute Gasteiger partial charge is 0.326 e. The summed E-state index contributed by atoms with van der Waals surface area (Å²) in [4.78, 5) is 32.4. The van der Waals surface area contributed by atoms with Gasteiger partial charge in [-0.15, -0.1) is 11.3 Å². The van der Waals surface area contributed by atoms with Gasteiger partial charge in [-0.3, -0.25) is 4.79 Å². The van der Waals surface area contributed by atoms with Crippen LogP contribution in [-0.4, -0.2) is 27.0 Å². The molecule has 1 aliphatic heterocycles. The maximum Gasteiger partial charge on any atom is 0.326 e. The van der Waals surface area contributed by atoms with Crippen LogP contribution in [0.2, 0.25) is 0 Å². The number of hydrogen-bond donors (Lipinski definition) is 1. The number of hydrogen-bond acceptors (Lipinski definition) is 6. The van der Waals surface area contributed by atoms with E-state index in [1.165, 1.54) is 16.9 Å². The molecule has 29 heavy (non-hydrogen) atoms. The van der Waals surface area contributed by atoms with Crippen molar-refractivity contribution in [1.82, 2.24) is 20.4 Å². The van der Waals surface area contributed by atoms with E-state index in [9.17, 15) is 9.59 Å². The Bertz CT molecular complexity index is 1030. The number of urea groups is 1. The Balaban J connectivity index is 1.59. The Labute approximate surface area is 172 Å². The lowest BCUT2D eigenvalue weighted by atomic mass is 9.90. The predicted octanol–water partition coefficient (Wildman–Crippen LogP) is 4.28. The van der Waals surface area contributed by atoms with Gasteiger partial charge in [0.1, 0.15) is 11.6 Å². The molecule has 8 heteroatoms. The number of nitrogens with zero attached hydrogens (tertiary/aromatic N) is 3. The molecule has 1 aromatic carbocycles. The van der Waals surface area contributed by atoms with Crippen molar-refractivity contribution in [2.75, 3.05) is 0 Å². The molecule has 3 aromatic rings. The van der Waals surface area contributed by atoms with Crippen LogP contribution in [0.3, 0.4) is 0 Å². The van der Waals surface area contributed by atoms with Gasteiger partial charge in [-0.2, -0.15) is 4.98 Å². The summed E-state index contributed by atoms with van der Waals surface area (Å²) in [6, 6.07) is 10.4. The number of rotatable bonds is 6. The molecule has 3 amide bonds. The van der Waals surface area contributed by atoms with E-state index in [2.05, 4.69) is 22.4 Å². The summed E-state index contributed by atoms with van der Waals surface area (Å²) >= 11 is 1.49. The van der Waals surface area contributed by atoms with Crippen LogP contribution in [0.25, 0.3) is 10.7 Å². The molecule has 0 saturated carbocycles. The van der Waals surface area contributed by atoms with Crippen molar-refractivity contribution < 1.29 is 14.1 Å².